The lowest BCUT2D eigenvalue weighted by molar-refractivity contribution is -0.139. The molecule has 1 aromatic heterocycles. The Bertz CT molecular complexity index is 1410. The highest BCUT2D eigenvalue weighted by atomic mass is 35.5. The summed E-state index contributed by atoms with van der Waals surface area (Å²) in [6, 6.07) is 18.0. The first-order chi connectivity index (χ1) is 17.8. The second kappa shape index (κ2) is 12.7. The molecular formula is C26H22ClFN4O5S. The van der Waals surface area contributed by atoms with Crippen LogP contribution in [0.25, 0.3) is 11.3 Å². The Morgan fingerprint density at radius 1 is 1.00 bits per heavy atom. The molecule has 0 aliphatic carbocycles. The number of nitrogen functional groups attached to an aromatic ring is 1. The molecule has 4 N–H and O–H groups in total. The Morgan fingerprint density at radius 2 is 1.66 bits per heavy atom. The van der Waals surface area contributed by atoms with Crippen LogP contribution >= 0.6 is 23.7 Å². The van der Waals surface area contributed by atoms with Gasteiger partial charge in [0.1, 0.15) is 18.1 Å². The molecule has 0 bridgehead atoms. The van der Waals surface area contributed by atoms with Gasteiger partial charge in [0.15, 0.2) is 11.7 Å². The van der Waals surface area contributed by atoms with Crippen molar-refractivity contribution in [2.75, 3.05) is 29.1 Å². The topological polar surface area (TPSA) is 135 Å². The van der Waals surface area contributed by atoms with Gasteiger partial charge in [0.25, 0.3) is 5.91 Å². The van der Waals surface area contributed by atoms with Crippen LogP contribution < -0.4 is 20.7 Å². The Labute approximate surface area is 227 Å². The number of carboxylic acid groups (broad SMARTS) is 1. The standard InChI is InChI=1S/C26H21FN4O5S.ClH/c27-18-5-1-17(2-6-18)25(35)31(20-9-11-21(12-10-20)36-14-24(33)34)13-23(32)29-19-7-3-16(4-8-19)22-15-37-26(28)30-22;/h1-12,15H,13-14H2,(H2,28,30)(H,29,32)(H,33,34);1H. The van der Waals surface area contributed by atoms with E-state index in [1.807, 2.05) is 5.38 Å². The largest absolute Gasteiger partial charge is 0.482 e. The van der Waals surface area contributed by atoms with Gasteiger partial charge in [0, 0.05) is 27.9 Å². The predicted molar refractivity (Wildman–Crippen MR) is 145 cm³/mol. The van der Waals surface area contributed by atoms with Crippen LogP contribution in [0.5, 0.6) is 5.75 Å². The number of halogens is 2. The number of benzene rings is 3. The fourth-order valence-electron chi connectivity index (χ4n) is 3.38. The number of hydrogen-bond donors (Lipinski definition) is 3. The van der Waals surface area contributed by atoms with E-state index in [1.165, 1.54) is 52.6 Å². The van der Waals surface area contributed by atoms with Crippen molar-refractivity contribution in [1.29, 1.82) is 0 Å². The van der Waals surface area contributed by atoms with Gasteiger partial charge in [-0.3, -0.25) is 14.5 Å². The molecule has 4 rings (SSSR count). The van der Waals surface area contributed by atoms with E-state index in [1.54, 1.807) is 24.3 Å². The molecule has 0 atom stereocenters. The molecule has 0 saturated carbocycles. The van der Waals surface area contributed by atoms with Crippen LogP contribution in [0.4, 0.5) is 20.9 Å². The van der Waals surface area contributed by atoms with E-state index in [4.69, 9.17) is 15.6 Å². The van der Waals surface area contributed by atoms with Gasteiger partial charge in [-0.2, -0.15) is 0 Å². The van der Waals surface area contributed by atoms with Crippen LogP contribution in [-0.4, -0.2) is 41.0 Å². The van der Waals surface area contributed by atoms with Crippen LogP contribution in [0.3, 0.4) is 0 Å². The molecular weight excluding hydrogens is 535 g/mol. The molecule has 0 spiro atoms. The minimum absolute atomic E-state index is 0. The van der Waals surface area contributed by atoms with Crippen molar-refractivity contribution in [2.45, 2.75) is 0 Å². The van der Waals surface area contributed by atoms with E-state index in [-0.39, 0.29) is 30.3 Å². The van der Waals surface area contributed by atoms with Crippen molar-refractivity contribution >= 4 is 58.0 Å². The Morgan fingerprint density at radius 3 is 2.24 bits per heavy atom. The summed E-state index contributed by atoms with van der Waals surface area (Å²) < 4.78 is 18.5. The zero-order valence-corrected chi connectivity index (χ0v) is 21.3. The lowest BCUT2D eigenvalue weighted by atomic mass is 10.1. The molecule has 0 aliphatic rings. The minimum atomic E-state index is -1.13. The van der Waals surface area contributed by atoms with Crippen LogP contribution in [-0.2, 0) is 9.59 Å². The zero-order valence-electron chi connectivity index (χ0n) is 19.7. The second-order valence-corrected chi connectivity index (χ2v) is 8.66. The first kappa shape index (κ1) is 28.1. The van der Waals surface area contributed by atoms with Gasteiger partial charge in [-0.05, 0) is 60.7 Å². The maximum atomic E-state index is 13.4. The molecule has 1 heterocycles. The molecule has 12 heteroatoms. The lowest BCUT2D eigenvalue weighted by Crippen LogP contribution is -2.38. The molecule has 3 aromatic carbocycles. The van der Waals surface area contributed by atoms with Crippen molar-refractivity contribution in [1.82, 2.24) is 4.98 Å². The number of rotatable bonds is 9. The molecule has 0 saturated heterocycles. The monoisotopic (exact) mass is 556 g/mol. The summed E-state index contributed by atoms with van der Waals surface area (Å²) in [7, 11) is 0. The van der Waals surface area contributed by atoms with E-state index in [9.17, 15) is 18.8 Å². The van der Waals surface area contributed by atoms with E-state index in [2.05, 4.69) is 10.3 Å². The van der Waals surface area contributed by atoms with Crippen LogP contribution in [0, 0.1) is 5.82 Å². The van der Waals surface area contributed by atoms with Gasteiger partial charge in [0.05, 0.1) is 5.69 Å². The van der Waals surface area contributed by atoms with Crippen molar-refractivity contribution in [2.24, 2.45) is 0 Å². The molecule has 0 aliphatic heterocycles. The number of aromatic nitrogens is 1. The Hall–Kier alpha value is -4.48. The highest BCUT2D eigenvalue weighted by Crippen LogP contribution is 2.25. The summed E-state index contributed by atoms with van der Waals surface area (Å²) in [4.78, 5) is 42.3. The lowest BCUT2D eigenvalue weighted by Gasteiger charge is -2.23. The first-order valence-electron chi connectivity index (χ1n) is 10.9. The second-order valence-electron chi connectivity index (χ2n) is 7.77. The normalized spacial score (nSPS) is 10.2. The summed E-state index contributed by atoms with van der Waals surface area (Å²) in [5, 5.41) is 13.8. The Balaban J connectivity index is 0.00000400. The highest BCUT2D eigenvalue weighted by molar-refractivity contribution is 7.13. The number of carbonyl (C=O) groups excluding carboxylic acids is 2. The fraction of sp³-hybridized carbons (Fsp3) is 0.0769. The fourth-order valence-corrected chi connectivity index (χ4v) is 3.96. The molecule has 9 nitrogen and oxygen atoms in total. The molecule has 38 heavy (non-hydrogen) atoms. The molecule has 0 fully saturated rings. The van der Waals surface area contributed by atoms with Crippen molar-refractivity contribution < 1.29 is 28.6 Å². The van der Waals surface area contributed by atoms with Gasteiger partial charge in [-0.1, -0.05) is 12.1 Å². The molecule has 4 aromatic rings. The van der Waals surface area contributed by atoms with Gasteiger partial charge < -0.3 is 20.9 Å². The number of nitrogens with two attached hydrogens (primary N) is 1. The minimum Gasteiger partial charge on any atom is -0.482 e. The summed E-state index contributed by atoms with van der Waals surface area (Å²) in [5.74, 6) is -2.33. The molecule has 196 valence electrons. The average Bonchev–Trinajstić information content (AvgIpc) is 3.33. The number of hydrogen-bond acceptors (Lipinski definition) is 7. The smallest absolute Gasteiger partial charge is 0.341 e. The third-order valence-electron chi connectivity index (χ3n) is 5.14. The number of ether oxygens (including phenoxy) is 1. The van der Waals surface area contributed by atoms with Crippen LogP contribution in [0.1, 0.15) is 10.4 Å². The maximum absolute atomic E-state index is 13.4. The van der Waals surface area contributed by atoms with Gasteiger partial charge in [-0.15, -0.1) is 23.7 Å². The molecule has 2 amide bonds. The Kier molecular flexibility index (Phi) is 9.36. The number of carboxylic acids is 1. The summed E-state index contributed by atoms with van der Waals surface area (Å²) >= 11 is 1.33. The van der Waals surface area contributed by atoms with E-state index >= 15 is 0 Å². The van der Waals surface area contributed by atoms with E-state index in [0.29, 0.717) is 16.5 Å². The quantitative estimate of drug-likeness (QED) is 0.272. The predicted octanol–water partition coefficient (Wildman–Crippen LogP) is 4.70. The van der Waals surface area contributed by atoms with Gasteiger partial charge >= 0.3 is 5.97 Å². The summed E-state index contributed by atoms with van der Waals surface area (Å²) in [6.07, 6.45) is 0. The number of carbonyl (C=O) groups is 3. The highest BCUT2D eigenvalue weighted by Gasteiger charge is 2.21. The number of nitrogens with one attached hydrogen (secondary N) is 1. The van der Waals surface area contributed by atoms with E-state index < -0.39 is 30.2 Å². The number of thiazole rings is 1. The van der Waals surface area contributed by atoms with Gasteiger partial charge in [-0.25, -0.2) is 14.2 Å². The molecule has 0 radical (unpaired) electrons. The third kappa shape index (κ3) is 7.28. The summed E-state index contributed by atoms with van der Waals surface area (Å²) in [6.45, 7) is -0.857. The summed E-state index contributed by atoms with van der Waals surface area (Å²) in [5.41, 5.74) is 8.32. The molecule has 0 unspecified atom stereocenters. The van der Waals surface area contributed by atoms with Crippen molar-refractivity contribution in [3.63, 3.8) is 0 Å². The number of amides is 2. The van der Waals surface area contributed by atoms with Crippen molar-refractivity contribution in [3.05, 3.63) is 89.6 Å². The third-order valence-corrected chi connectivity index (χ3v) is 5.81. The number of aliphatic carboxylic acids is 1. The van der Waals surface area contributed by atoms with E-state index in [0.717, 1.165) is 23.4 Å². The SMILES string of the molecule is Cl.Nc1nc(-c2ccc(NC(=O)CN(C(=O)c3ccc(F)cc3)c3ccc(OCC(=O)O)cc3)cc2)cs1. The van der Waals surface area contributed by atoms with Crippen molar-refractivity contribution in [3.8, 4) is 17.0 Å². The van der Waals surface area contributed by atoms with Crippen LogP contribution in [0.15, 0.2) is 78.2 Å². The van der Waals surface area contributed by atoms with Crippen LogP contribution in [0.2, 0.25) is 0 Å². The number of anilines is 3. The van der Waals surface area contributed by atoms with Gasteiger partial charge in [0.2, 0.25) is 5.91 Å². The maximum Gasteiger partial charge on any atom is 0.341 e. The number of nitrogens with zero attached hydrogens (tertiary/aromatic N) is 2. The zero-order chi connectivity index (χ0) is 26.4. The first-order valence-corrected chi connectivity index (χ1v) is 11.8. The average molecular weight is 557 g/mol.